The van der Waals surface area contributed by atoms with E-state index in [1.165, 1.54) is 0 Å². The molecule has 1 aliphatic heterocycles. The van der Waals surface area contributed by atoms with Crippen molar-refractivity contribution < 1.29 is 9.53 Å². The highest BCUT2D eigenvalue weighted by Gasteiger charge is 2.28. The van der Waals surface area contributed by atoms with E-state index in [-0.39, 0.29) is 17.9 Å². The molecule has 2 unspecified atom stereocenters. The zero-order valence-corrected chi connectivity index (χ0v) is 10.2. The van der Waals surface area contributed by atoms with E-state index in [4.69, 9.17) is 10.5 Å². The lowest BCUT2D eigenvalue weighted by molar-refractivity contribution is -0.119. The van der Waals surface area contributed by atoms with Crippen molar-refractivity contribution in [2.75, 3.05) is 17.7 Å². The normalized spacial score (nSPS) is 23.6. The number of hydrogen-bond acceptors (Lipinski definition) is 3. The van der Waals surface area contributed by atoms with Gasteiger partial charge in [-0.05, 0) is 38.0 Å². The Morgan fingerprint density at radius 3 is 2.88 bits per heavy atom. The molecule has 92 valence electrons. The summed E-state index contributed by atoms with van der Waals surface area (Å²) in [6.07, 6.45) is 0.960. The van der Waals surface area contributed by atoms with Crippen LogP contribution in [0.4, 0.5) is 11.4 Å². The number of carbonyl (C=O) groups excluding carboxylic acids is 1. The first-order chi connectivity index (χ1) is 8.06. The van der Waals surface area contributed by atoms with E-state index in [9.17, 15) is 4.79 Å². The van der Waals surface area contributed by atoms with Crippen LogP contribution in [-0.4, -0.2) is 18.6 Å². The van der Waals surface area contributed by atoms with Crippen LogP contribution in [0.2, 0.25) is 0 Å². The second-order valence-electron chi connectivity index (χ2n) is 4.64. The number of rotatable bonds is 2. The molecule has 1 heterocycles. The minimum atomic E-state index is -0.0486. The highest BCUT2D eigenvalue weighted by molar-refractivity contribution is 5.93. The number of nitrogen functional groups attached to an aromatic ring is 1. The molecule has 0 radical (unpaired) electrons. The molecule has 17 heavy (non-hydrogen) atoms. The number of nitrogens with two attached hydrogens (primary N) is 1. The highest BCUT2D eigenvalue weighted by Crippen LogP contribution is 2.22. The Morgan fingerprint density at radius 1 is 1.53 bits per heavy atom. The predicted molar refractivity (Wildman–Crippen MR) is 67.7 cm³/mol. The number of ether oxygens (including phenoxy) is 1. The first-order valence-electron chi connectivity index (χ1n) is 5.85. The van der Waals surface area contributed by atoms with Crippen LogP contribution in [-0.2, 0) is 9.53 Å². The monoisotopic (exact) mass is 234 g/mol. The maximum atomic E-state index is 11.9. The number of nitrogens with one attached hydrogen (secondary N) is 1. The van der Waals surface area contributed by atoms with Crippen molar-refractivity contribution in [1.29, 1.82) is 0 Å². The standard InChI is InChI=1S/C13H18N2O2/c1-8-3-4-11(6-12(8)14)15-13(16)10-5-9(2)17-7-10/h3-4,6,9-10H,5,7,14H2,1-2H3,(H,15,16). The molecule has 4 heteroatoms. The fourth-order valence-corrected chi connectivity index (χ4v) is 1.96. The SMILES string of the molecule is Cc1ccc(NC(=O)C2COC(C)C2)cc1N. The fourth-order valence-electron chi connectivity index (χ4n) is 1.96. The highest BCUT2D eigenvalue weighted by atomic mass is 16.5. The van der Waals surface area contributed by atoms with Gasteiger partial charge < -0.3 is 15.8 Å². The second-order valence-corrected chi connectivity index (χ2v) is 4.64. The van der Waals surface area contributed by atoms with Gasteiger partial charge in [0, 0.05) is 11.4 Å². The largest absolute Gasteiger partial charge is 0.398 e. The summed E-state index contributed by atoms with van der Waals surface area (Å²) in [4.78, 5) is 11.9. The average Bonchev–Trinajstić information content (AvgIpc) is 2.70. The number of anilines is 2. The van der Waals surface area contributed by atoms with Crippen LogP contribution in [0.3, 0.4) is 0 Å². The van der Waals surface area contributed by atoms with Gasteiger partial charge in [-0.2, -0.15) is 0 Å². The van der Waals surface area contributed by atoms with Gasteiger partial charge in [0.15, 0.2) is 0 Å². The van der Waals surface area contributed by atoms with Crippen LogP contribution in [0.25, 0.3) is 0 Å². The van der Waals surface area contributed by atoms with Crippen LogP contribution in [0.15, 0.2) is 18.2 Å². The molecule has 0 bridgehead atoms. The van der Waals surface area contributed by atoms with Crippen molar-refractivity contribution in [1.82, 2.24) is 0 Å². The molecular formula is C13H18N2O2. The second kappa shape index (κ2) is 4.75. The lowest BCUT2D eigenvalue weighted by Crippen LogP contribution is -2.23. The minimum absolute atomic E-state index is 0.0117. The maximum Gasteiger partial charge on any atom is 0.229 e. The zero-order chi connectivity index (χ0) is 12.4. The zero-order valence-electron chi connectivity index (χ0n) is 10.2. The van der Waals surface area contributed by atoms with Gasteiger partial charge in [-0.3, -0.25) is 4.79 Å². The van der Waals surface area contributed by atoms with Gasteiger partial charge in [0.2, 0.25) is 5.91 Å². The van der Waals surface area contributed by atoms with Crippen LogP contribution >= 0.6 is 0 Å². The summed E-state index contributed by atoms with van der Waals surface area (Å²) in [5.41, 5.74) is 8.25. The summed E-state index contributed by atoms with van der Waals surface area (Å²) in [5.74, 6) is -0.0369. The Balaban J connectivity index is 2.00. The Morgan fingerprint density at radius 2 is 2.29 bits per heavy atom. The Hall–Kier alpha value is -1.55. The summed E-state index contributed by atoms with van der Waals surface area (Å²) >= 11 is 0. The van der Waals surface area contributed by atoms with E-state index >= 15 is 0 Å². The molecule has 0 aromatic heterocycles. The minimum Gasteiger partial charge on any atom is -0.398 e. The average molecular weight is 234 g/mol. The van der Waals surface area contributed by atoms with Crippen LogP contribution in [0, 0.1) is 12.8 Å². The molecule has 1 amide bonds. The van der Waals surface area contributed by atoms with Gasteiger partial charge in [-0.15, -0.1) is 0 Å². The van der Waals surface area contributed by atoms with E-state index in [1.807, 2.05) is 26.0 Å². The number of benzene rings is 1. The molecule has 1 saturated heterocycles. The van der Waals surface area contributed by atoms with Crippen molar-refractivity contribution in [3.8, 4) is 0 Å². The Kier molecular flexibility index (Phi) is 3.33. The Labute approximate surface area is 101 Å². The fraction of sp³-hybridized carbons (Fsp3) is 0.462. The van der Waals surface area contributed by atoms with Crippen molar-refractivity contribution in [3.63, 3.8) is 0 Å². The van der Waals surface area contributed by atoms with E-state index in [0.29, 0.717) is 12.3 Å². The van der Waals surface area contributed by atoms with E-state index in [2.05, 4.69) is 5.32 Å². The molecule has 2 atom stereocenters. The molecular weight excluding hydrogens is 216 g/mol. The first-order valence-corrected chi connectivity index (χ1v) is 5.85. The topological polar surface area (TPSA) is 64.3 Å². The molecule has 0 spiro atoms. The lowest BCUT2D eigenvalue weighted by Gasteiger charge is -2.10. The van der Waals surface area contributed by atoms with Gasteiger partial charge in [0.05, 0.1) is 18.6 Å². The molecule has 4 nitrogen and oxygen atoms in total. The van der Waals surface area contributed by atoms with Crippen molar-refractivity contribution in [2.45, 2.75) is 26.4 Å². The summed E-state index contributed by atoms with van der Waals surface area (Å²) in [5, 5.41) is 2.87. The molecule has 1 aromatic rings. The third-order valence-electron chi connectivity index (χ3n) is 3.12. The van der Waals surface area contributed by atoms with Crippen LogP contribution in [0.1, 0.15) is 18.9 Å². The summed E-state index contributed by atoms with van der Waals surface area (Å²) < 4.78 is 5.38. The van der Waals surface area contributed by atoms with Crippen LogP contribution < -0.4 is 11.1 Å². The maximum absolute atomic E-state index is 11.9. The number of aryl methyl sites for hydroxylation is 1. The van der Waals surface area contributed by atoms with Gasteiger partial charge >= 0.3 is 0 Å². The summed E-state index contributed by atoms with van der Waals surface area (Å²) in [6, 6.07) is 5.55. The van der Waals surface area contributed by atoms with Crippen molar-refractivity contribution in [3.05, 3.63) is 23.8 Å². The number of carbonyl (C=O) groups is 1. The summed E-state index contributed by atoms with van der Waals surface area (Å²) in [6.45, 7) is 4.43. The van der Waals surface area contributed by atoms with Crippen molar-refractivity contribution in [2.24, 2.45) is 5.92 Å². The molecule has 0 aliphatic carbocycles. The molecule has 1 fully saturated rings. The third-order valence-corrected chi connectivity index (χ3v) is 3.12. The third kappa shape index (κ3) is 2.77. The lowest BCUT2D eigenvalue weighted by atomic mass is 10.1. The van der Waals surface area contributed by atoms with Gasteiger partial charge in [0.25, 0.3) is 0 Å². The van der Waals surface area contributed by atoms with E-state index in [0.717, 1.165) is 17.7 Å². The van der Waals surface area contributed by atoms with Gasteiger partial charge in [-0.1, -0.05) is 6.07 Å². The smallest absolute Gasteiger partial charge is 0.229 e. The molecule has 0 saturated carbocycles. The number of amides is 1. The molecule has 2 rings (SSSR count). The molecule has 1 aliphatic rings. The van der Waals surface area contributed by atoms with E-state index in [1.54, 1.807) is 6.07 Å². The first kappa shape index (κ1) is 11.9. The van der Waals surface area contributed by atoms with Crippen molar-refractivity contribution >= 4 is 17.3 Å². The van der Waals surface area contributed by atoms with Crippen LogP contribution in [0.5, 0.6) is 0 Å². The quantitative estimate of drug-likeness (QED) is 0.769. The molecule has 3 N–H and O–H groups in total. The molecule has 1 aromatic carbocycles. The summed E-state index contributed by atoms with van der Waals surface area (Å²) in [7, 11) is 0. The Bertz CT molecular complexity index is 431. The number of hydrogen-bond donors (Lipinski definition) is 2. The van der Waals surface area contributed by atoms with Gasteiger partial charge in [0.1, 0.15) is 0 Å². The van der Waals surface area contributed by atoms with E-state index < -0.39 is 0 Å². The predicted octanol–water partition coefficient (Wildman–Crippen LogP) is 1.94. The van der Waals surface area contributed by atoms with Gasteiger partial charge in [-0.25, -0.2) is 0 Å².